The van der Waals surface area contributed by atoms with Crippen LogP contribution in [0.5, 0.6) is 0 Å². The number of halogens is 1. The highest BCUT2D eigenvalue weighted by molar-refractivity contribution is 6.29. The number of benzene rings is 1. The molecular weight excluding hydrogens is 302 g/mol. The van der Waals surface area contributed by atoms with Crippen molar-refractivity contribution >= 4 is 17.5 Å². The predicted molar refractivity (Wildman–Crippen MR) is 84.8 cm³/mol. The Balaban J connectivity index is 1.84. The molecule has 4 nitrogen and oxygen atoms in total. The van der Waals surface area contributed by atoms with Gasteiger partial charge in [0.2, 0.25) is 0 Å². The van der Waals surface area contributed by atoms with Crippen LogP contribution in [0, 0.1) is 0 Å². The van der Waals surface area contributed by atoms with Gasteiger partial charge in [0.15, 0.2) is 6.10 Å². The fraction of sp³-hybridized carbons (Fsp3) is 0.471. The number of ether oxygens (including phenoxy) is 2. The number of hydrogen-bond donors (Lipinski definition) is 0. The lowest BCUT2D eigenvalue weighted by atomic mass is 10.1. The van der Waals surface area contributed by atoms with E-state index in [1.165, 1.54) is 11.1 Å². The van der Waals surface area contributed by atoms with Gasteiger partial charge >= 0.3 is 0 Å². The highest BCUT2D eigenvalue weighted by Crippen LogP contribution is 2.36. The zero-order chi connectivity index (χ0) is 15.5. The van der Waals surface area contributed by atoms with Crippen LogP contribution in [-0.2, 0) is 20.7 Å². The standard InChI is InChI=1S/C17H20ClNO3/c1-12(18)10-19(17(20)16-11-21-8-9-22-16)15-7-6-13-4-2-3-5-14(13)15/h2-5,15-16H,1,6-11H2/t15-,16+/m1/s1. The minimum absolute atomic E-state index is 0.0322. The van der Waals surface area contributed by atoms with Crippen LogP contribution >= 0.6 is 11.6 Å². The molecule has 1 heterocycles. The molecule has 1 aliphatic carbocycles. The first-order valence-electron chi connectivity index (χ1n) is 7.57. The molecule has 22 heavy (non-hydrogen) atoms. The first-order valence-corrected chi connectivity index (χ1v) is 7.95. The third-order valence-electron chi connectivity index (χ3n) is 4.19. The number of carbonyl (C=O) groups excluding carboxylic acids is 1. The molecule has 118 valence electrons. The van der Waals surface area contributed by atoms with Crippen LogP contribution in [-0.4, -0.2) is 43.3 Å². The quantitative estimate of drug-likeness (QED) is 0.856. The minimum Gasteiger partial charge on any atom is -0.376 e. The maximum atomic E-state index is 12.9. The largest absolute Gasteiger partial charge is 0.376 e. The Hall–Kier alpha value is -1.36. The minimum atomic E-state index is -0.544. The molecule has 0 spiro atoms. The average molecular weight is 322 g/mol. The Morgan fingerprint density at radius 3 is 2.91 bits per heavy atom. The molecule has 1 saturated heterocycles. The molecule has 0 aromatic heterocycles. The molecule has 3 rings (SSSR count). The number of rotatable bonds is 4. The number of fused-ring (bicyclic) bond motifs is 1. The number of hydrogen-bond acceptors (Lipinski definition) is 3. The summed E-state index contributed by atoms with van der Waals surface area (Å²) in [6.07, 6.45) is 1.34. The Bertz CT molecular complexity index is 569. The van der Waals surface area contributed by atoms with Crippen LogP contribution in [0.3, 0.4) is 0 Å². The summed E-state index contributed by atoms with van der Waals surface area (Å²) in [6.45, 7) is 5.38. The van der Waals surface area contributed by atoms with Gasteiger partial charge in [0.25, 0.3) is 5.91 Å². The predicted octanol–water partition coefficient (Wildman–Crippen LogP) is 2.67. The van der Waals surface area contributed by atoms with Crippen LogP contribution in [0.25, 0.3) is 0 Å². The summed E-state index contributed by atoms with van der Waals surface area (Å²) in [7, 11) is 0. The van der Waals surface area contributed by atoms with Gasteiger partial charge in [-0.3, -0.25) is 4.79 Å². The Morgan fingerprint density at radius 1 is 1.36 bits per heavy atom. The van der Waals surface area contributed by atoms with Gasteiger partial charge < -0.3 is 14.4 Å². The fourth-order valence-corrected chi connectivity index (χ4v) is 3.33. The number of amides is 1. The number of carbonyl (C=O) groups is 1. The lowest BCUT2D eigenvalue weighted by Crippen LogP contribution is -2.46. The summed E-state index contributed by atoms with van der Waals surface area (Å²) >= 11 is 6.00. The lowest BCUT2D eigenvalue weighted by Gasteiger charge is -2.33. The van der Waals surface area contributed by atoms with Gasteiger partial charge in [-0.25, -0.2) is 0 Å². The summed E-state index contributed by atoms with van der Waals surface area (Å²) < 4.78 is 10.9. The molecule has 0 saturated carbocycles. The van der Waals surface area contributed by atoms with Crippen LogP contribution < -0.4 is 0 Å². The van der Waals surface area contributed by atoms with Gasteiger partial charge in [-0.1, -0.05) is 42.4 Å². The molecule has 0 radical (unpaired) electrons. The van der Waals surface area contributed by atoms with E-state index in [9.17, 15) is 4.79 Å². The van der Waals surface area contributed by atoms with Gasteiger partial charge in [-0.15, -0.1) is 0 Å². The Morgan fingerprint density at radius 2 is 2.18 bits per heavy atom. The highest BCUT2D eigenvalue weighted by atomic mass is 35.5. The molecule has 0 N–H and O–H groups in total. The SMILES string of the molecule is C=C(Cl)CN(C(=O)[C@@H]1COCCO1)[C@@H]1CCc2ccccc21. The van der Waals surface area contributed by atoms with E-state index in [1.54, 1.807) is 4.90 Å². The summed E-state index contributed by atoms with van der Waals surface area (Å²) in [6, 6.07) is 8.28. The highest BCUT2D eigenvalue weighted by Gasteiger charge is 2.35. The van der Waals surface area contributed by atoms with Crippen molar-refractivity contribution in [1.82, 2.24) is 4.90 Å². The van der Waals surface area contributed by atoms with Crippen LogP contribution in [0.15, 0.2) is 35.9 Å². The second kappa shape index (κ2) is 6.82. The zero-order valence-electron chi connectivity index (χ0n) is 12.5. The average Bonchev–Trinajstić information content (AvgIpc) is 2.96. The van der Waals surface area contributed by atoms with Crippen LogP contribution in [0.1, 0.15) is 23.6 Å². The Labute approximate surface area is 135 Å². The molecule has 1 fully saturated rings. The van der Waals surface area contributed by atoms with Crippen molar-refractivity contribution in [1.29, 1.82) is 0 Å². The first kappa shape index (κ1) is 15.5. The maximum Gasteiger partial charge on any atom is 0.254 e. The lowest BCUT2D eigenvalue weighted by molar-refractivity contribution is -0.159. The molecule has 2 aliphatic rings. The molecular formula is C17H20ClNO3. The van der Waals surface area contributed by atoms with Gasteiger partial charge in [-0.2, -0.15) is 0 Å². The van der Waals surface area contributed by atoms with Gasteiger partial charge in [-0.05, 0) is 24.0 Å². The summed E-state index contributed by atoms with van der Waals surface area (Å²) in [5.41, 5.74) is 2.50. The van der Waals surface area contributed by atoms with Crippen molar-refractivity contribution in [2.24, 2.45) is 0 Å². The van der Waals surface area contributed by atoms with Gasteiger partial charge in [0.05, 0.1) is 32.4 Å². The molecule has 1 aliphatic heterocycles. The maximum absolute atomic E-state index is 12.9. The van der Waals surface area contributed by atoms with Crippen molar-refractivity contribution in [2.75, 3.05) is 26.4 Å². The third kappa shape index (κ3) is 3.19. The van der Waals surface area contributed by atoms with Crippen molar-refractivity contribution in [3.05, 3.63) is 47.0 Å². The molecule has 0 bridgehead atoms. The van der Waals surface area contributed by atoms with Crippen molar-refractivity contribution in [3.63, 3.8) is 0 Å². The molecule has 1 aromatic carbocycles. The van der Waals surface area contributed by atoms with E-state index < -0.39 is 6.10 Å². The van der Waals surface area contributed by atoms with E-state index >= 15 is 0 Å². The summed E-state index contributed by atoms with van der Waals surface area (Å²) in [5.74, 6) is -0.0665. The number of aryl methyl sites for hydroxylation is 1. The van der Waals surface area contributed by atoms with E-state index in [0.717, 1.165) is 12.8 Å². The van der Waals surface area contributed by atoms with Crippen molar-refractivity contribution in [3.8, 4) is 0 Å². The topological polar surface area (TPSA) is 38.8 Å². The van der Waals surface area contributed by atoms with E-state index in [4.69, 9.17) is 21.1 Å². The second-order valence-corrected chi connectivity index (χ2v) is 6.21. The third-order valence-corrected chi connectivity index (χ3v) is 4.31. The molecule has 0 unspecified atom stereocenters. The summed E-state index contributed by atoms with van der Waals surface area (Å²) in [5, 5.41) is 0.453. The molecule has 1 aromatic rings. The monoisotopic (exact) mass is 321 g/mol. The normalized spacial score (nSPS) is 23.9. The van der Waals surface area contributed by atoms with E-state index in [2.05, 4.69) is 18.7 Å². The molecule has 1 amide bonds. The fourth-order valence-electron chi connectivity index (χ4n) is 3.20. The summed E-state index contributed by atoms with van der Waals surface area (Å²) in [4.78, 5) is 14.6. The number of nitrogens with zero attached hydrogens (tertiary/aromatic N) is 1. The van der Waals surface area contributed by atoms with E-state index in [-0.39, 0.29) is 11.9 Å². The van der Waals surface area contributed by atoms with Gasteiger partial charge in [0, 0.05) is 5.03 Å². The van der Waals surface area contributed by atoms with Crippen molar-refractivity contribution in [2.45, 2.75) is 25.0 Å². The van der Waals surface area contributed by atoms with Gasteiger partial charge in [0.1, 0.15) is 0 Å². The molecule has 5 heteroatoms. The van der Waals surface area contributed by atoms with Crippen molar-refractivity contribution < 1.29 is 14.3 Å². The van der Waals surface area contributed by atoms with Crippen LogP contribution in [0.2, 0.25) is 0 Å². The Kier molecular flexibility index (Phi) is 4.81. The smallest absolute Gasteiger partial charge is 0.254 e. The van der Waals surface area contributed by atoms with E-state index in [0.29, 0.717) is 31.4 Å². The first-order chi connectivity index (χ1) is 10.7. The zero-order valence-corrected chi connectivity index (χ0v) is 13.2. The van der Waals surface area contributed by atoms with Crippen LogP contribution in [0.4, 0.5) is 0 Å². The molecule has 2 atom stereocenters. The van der Waals surface area contributed by atoms with E-state index in [1.807, 2.05) is 12.1 Å². The second-order valence-electron chi connectivity index (χ2n) is 5.67.